The van der Waals surface area contributed by atoms with Crippen LogP contribution in [0.1, 0.15) is 21.6 Å². The SMILES string of the molecule is Cc1ncc(CO)c2cc(C(=O)Nc3ccc(Br)cc3)c(=Nc3ccccc3)oc12. The Morgan fingerprint density at radius 1 is 1.17 bits per heavy atom. The molecule has 0 unspecified atom stereocenters. The molecular formula is C23H18BrN3O3. The molecule has 2 aromatic heterocycles. The summed E-state index contributed by atoms with van der Waals surface area (Å²) in [7, 11) is 0. The number of rotatable bonds is 4. The second-order valence-electron chi connectivity index (χ2n) is 6.64. The number of benzene rings is 2. The molecule has 0 aliphatic heterocycles. The molecule has 0 radical (unpaired) electrons. The fourth-order valence-corrected chi connectivity index (χ4v) is 3.28. The molecule has 4 rings (SSSR count). The summed E-state index contributed by atoms with van der Waals surface area (Å²) in [5, 5.41) is 13.2. The fourth-order valence-electron chi connectivity index (χ4n) is 3.01. The van der Waals surface area contributed by atoms with Gasteiger partial charge in [-0.1, -0.05) is 34.1 Å². The van der Waals surface area contributed by atoms with E-state index < -0.39 is 0 Å². The van der Waals surface area contributed by atoms with Crippen LogP contribution >= 0.6 is 15.9 Å². The summed E-state index contributed by atoms with van der Waals surface area (Å²) < 4.78 is 6.95. The van der Waals surface area contributed by atoms with Crippen LogP contribution in [0.4, 0.5) is 11.4 Å². The largest absolute Gasteiger partial charge is 0.436 e. The monoisotopic (exact) mass is 463 g/mol. The Morgan fingerprint density at radius 3 is 2.60 bits per heavy atom. The predicted molar refractivity (Wildman–Crippen MR) is 118 cm³/mol. The molecule has 0 saturated carbocycles. The van der Waals surface area contributed by atoms with Crippen molar-refractivity contribution in [3.05, 3.63) is 93.7 Å². The van der Waals surface area contributed by atoms with Crippen LogP contribution in [0.3, 0.4) is 0 Å². The highest BCUT2D eigenvalue weighted by atomic mass is 79.9. The second kappa shape index (κ2) is 8.61. The van der Waals surface area contributed by atoms with Crippen molar-refractivity contribution in [3.8, 4) is 0 Å². The van der Waals surface area contributed by atoms with Crippen molar-refractivity contribution in [3.63, 3.8) is 0 Å². The van der Waals surface area contributed by atoms with Crippen LogP contribution in [0.2, 0.25) is 0 Å². The normalized spacial score (nSPS) is 11.6. The van der Waals surface area contributed by atoms with Gasteiger partial charge in [-0.15, -0.1) is 0 Å². The molecule has 0 atom stereocenters. The van der Waals surface area contributed by atoms with Crippen molar-refractivity contribution >= 4 is 44.2 Å². The van der Waals surface area contributed by atoms with Crippen LogP contribution in [0.5, 0.6) is 0 Å². The Hall–Kier alpha value is -3.29. The van der Waals surface area contributed by atoms with Crippen LogP contribution < -0.4 is 10.9 Å². The maximum absolute atomic E-state index is 13.1. The van der Waals surface area contributed by atoms with E-state index in [1.54, 1.807) is 31.3 Å². The minimum atomic E-state index is -0.365. The number of hydrogen-bond donors (Lipinski definition) is 2. The number of aliphatic hydroxyl groups is 1. The lowest BCUT2D eigenvalue weighted by Crippen LogP contribution is -2.22. The number of nitrogens with one attached hydrogen (secondary N) is 1. The molecule has 0 fully saturated rings. The zero-order valence-electron chi connectivity index (χ0n) is 16.1. The first-order valence-corrected chi connectivity index (χ1v) is 10.0. The molecule has 2 N–H and O–H groups in total. The van der Waals surface area contributed by atoms with Crippen LogP contribution in [-0.4, -0.2) is 16.0 Å². The summed E-state index contributed by atoms with van der Waals surface area (Å²) in [6.07, 6.45) is 1.58. The van der Waals surface area contributed by atoms with Crippen molar-refractivity contribution in [1.82, 2.24) is 4.98 Å². The summed E-state index contributed by atoms with van der Waals surface area (Å²) in [6.45, 7) is 1.59. The van der Waals surface area contributed by atoms with Gasteiger partial charge in [0.05, 0.1) is 18.0 Å². The molecule has 0 bridgehead atoms. The quantitative estimate of drug-likeness (QED) is 0.451. The van der Waals surface area contributed by atoms with Gasteiger partial charge in [-0.25, -0.2) is 4.99 Å². The molecule has 30 heavy (non-hydrogen) atoms. The lowest BCUT2D eigenvalue weighted by atomic mass is 10.1. The molecule has 0 saturated heterocycles. The first-order chi connectivity index (χ1) is 14.5. The number of carbonyl (C=O) groups excluding carboxylic acids is 1. The molecule has 2 heterocycles. The third-order valence-corrected chi connectivity index (χ3v) is 5.08. The highest BCUT2D eigenvalue weighted by Crippen LogP contribution is 2.22. The number of halogens is 1. The van der Waals surface area contributed by atoms with Crippen molar-refractivity contribution in [2.24, 2.45) is 4.99 Å². The van der Waals surface area contributed by atoms with Gasteiger partial charge in [-0.2, -0.15) is 0 Å². The Balaban J connectivity index is 1.90. The number of amides is 1. The van der Waals surface area contributed by atoms with Gasteiger partial charge in [-0.05, 0) is 49.4 Å². The lowest BCUT2D eigenvalue weighted by molar-refractivity contribution is 0.102. The molecule has 150 valence electrons. The molecule has 7 heteroatoms. The van der Waals surface area contributed by atoms with E-state index in [4.69, 9.17) is 4.42 Å². The van der Waals surface area contributed by atoms with Crippen molar-refractivity contribution < 1.29 is 14.3 Å². The third-order valence-electron chi connectivity index (χ3n) is 4.55. The summed E-state index contributed by atoms with van der Waals surface area (Å²) in [5.74, 6) is -0.365. The number of nitrogens with zero attached hydrogens (tertiary/aromatic N) is 2. The van der Waals surface area contributed by atoms with Gasteiger partial charge in [0, 0.05) is 27.3 Å². The van der Waals surface area contributed by atoms with Gasteiger partial charge in [0.15, 0.2) is 5.58 Å². The van der Waals surface area contributed by atoms with E-state index in [0.29, 0.717) is 33.6 Å². The lowest BCUT2D eigenvalue weighted by Gasteiger charge is -2.10. The fraction of sp³-hybridized carbons (Fsp3) is 0.0870. The first kappa shape index (κ1) is 20.0. The zero-order valence-corrected chi connectivity index (χ0v) is 17.7. The number of fused-ring (bicyclic) bond motifs is 1. The minimum Gasteiger partial charge on any atom is -0.436 e. The highest BCUT2D eigenvalue weighted by molar-refractivity contribution is 9.10. The van der Waals surface area contributed by atoms with E-state index in [-0.39, 0.29) is 23.6 Å². The number of aromatic nitrogens is 1. The molecule has 2 aromatic carbocycles. The van der Waals surface area contributed by atoms with Gasteiger partial charge < -0.3 is 14.8 Å². The third kappa shape index (κ3) is 4.17. The topological polar surface area (TPSA) is 87.7 Å². The highest BCUT2D eigenvalue weighted by Gasteiger charge is 2.16. The van der Waals surface area contributed by atoms with Crippen molar-refractivity contribution in [2.45, 2.75) is 13.5 Å². The van der Waals surface area contributed by atoms with Gasteiger partial charge >= 0.3 is 0 Å². The zero-order chi connectivity index (χ0) is 21.1. The van der Waals surface area contributed by atoms with Crippen LogP contribution in [-0.2, 0) is 6.61 Å². The maximum Gasteiger partial charge on any atom is 0.261 e. The Morgan fingerprint density at radius 2 is 1.90 bits per heavy atom. The van der Waals surface area contributed by atoms with E-state index in [1.807, 2.05) is 42.5 Å². The molecule has 1 amide bonds. The standard InChI is InChI=1S/C23H18BrN3O3/c1-14-21-19(15(13-28)12-25-14)11-20(22(29)26-18-9-7-16(24)8-10-18)23(30-21)27-17-5-3-2-4-6-17/h2-12,28H,13H2,1H3,(H,26,29). The van der Waals surface area contributed by atoms with Gasteiger partial charge in [0.2, 0.25) is 5.55 Å². The average Bonchev–Trinajstić information content (AvgIpc) is 2.76. The summed E-state index contributed by atoms with van der Waals surface area (Å²) in [6, 6.07) is 18.2. The van der Waals surface area contributed by atoms with Crippen molar-refractivity contribution in [1.29, 1.82) is 0 Å². The smallest absolute Gasteiger partial charge is 0.261 e. The molecule has 4 aromatic rings. The van der Waals surface area contributed by atoms with E-state index >= 15 is 0 Å². The molecule has 0 aliphatic rings. The van der Waals surface area contributed by atoms with Crippen LogP contribution in [0, 0.1) is 6.92 Å². The van der Waals surface area contributed by atoms with E-state index in [9.17, 15) is 9.90 Å². The van der Waals surface area contributed by atoms with Crippen LogP contribution in [0.25, 0.3) is 11.0 Å². The van der Waals surface area contributed by atoms with E-state index in [0.717, 1.165) is 4.47 Å². The average molecular weight is 464 g/mol. The van der Waals surface area contributed by atoms with Crippen LogP contribution in [0.15, 0.2) is 80.7 Å². The van der Waals surface area contributed by atoms with E-state index in [2.05, 4.69) is 31.2 Å². The number of carbonyl (C=O) groups is 1. The Bertz CT molecular complexity index is 1280. The minimum absolute atomic E-state index is 0.170. The number of hydrogen-bond acceptors (Lipinski definition) is 5. The number of pyridine rings is 1. The number of anilines is 1. The van der Waals surface area contributed by atoms with Gasteiger partial charge in [0.25, 0.3) is 5.91 Å². The number of para-hydroxylation sites is 1. The number of aryl methyl sites for hydroxylation is 1. The van der Waals surface area contributed by atoms with Gasteiger partial charge in [0.1, 0.15) is 5.56 Å². The second-order valence-corrected chi connectivity index (χ2v) is 7.56. The predicted octanol–water partition coefficient (Wildman–Crippen LogP) is 4.88. The summed E-state index contributed by atoms with van der Waals surface area (Å²) >= 11 is 3.38. The molecular weight excluding hydrogens is 446 g/mol. The number of aliphatic hydroxyl groups excluding tert-OH is 1. The molecule has 6 nitrogen and oxygen atoms in total. The van der Waals surface area contributed by atoms with E-state index in [1.165, 1.54) is 0 Å². The maximum atomic E-state index is 13.1. The Labute approximate surface area is 181 Å². The Kier molecular flexibility index (Phi) is 5.74. The summed E-state index contributed by atoms with van der Waals surface area (Å²) in [5.41, 5.74) is 3.42. The van der Waals surface area contributed by atoms with Crippen molar-refractivity contribution in [2.75, 3.05) is 5.32 Å². The summed E-state index contributed by atoms with van der Waals surface area (Å²) in [4.78, 5) is 21.9. The first-order valence-electron chi connectivity index (χ1n) is 9.25. The molecule has 0 aliphatic carbocycles. The van der Waals surface area contributed by atoms with Gasteiger partial charge in [-0.3, -0.25) is 9.78 Å². The molecule has 0 spiro atoms.